The molecule has 0 aromatic carbocycles. The third kappa shape index (κ3) is 45.4. The SMILES string of the molecule is CC/C=C\C/C=C\C/C=C\C/C=C\C/C=C\C/C=C\CCCCCCCCCCCCC(=O)NC(COP(=O)(O)OCC[N+](C)(C)C)C(O)/C=C/CC/C=C/CCCCCCC. The van der Waals surface area contributed by atoms with E-state index in [1.54, 1.807) is 6.08 Å². The van der Waals surface area contributed by atoms with Gasteiger partial charge in [-0.2, -0.15) is 0 Å². The standard InChI is InChI=1S/C53H93N2O6P/c1-6-8-10-12-14-16-18-19-20-21-22-23-24-25-26-27-28-29-30-31-32-33-34-35-37-39-41-43-45-47-53(57)54-51(50-61-62(58,59)60-49-48-55(3,4)5)52(56)46-44-42-40-38-36-17-15-13-11-9-7-2/h8,10,14,16,19-20,22-23,25-26,28-29,36,38,44,46,51-52,56H,6-7,9,11-13,15,17-18,21,24,27,30-35,37,39-43,45,47-50H2,1-5H3,(H-,54,57,58,59)/p+1/b10-8-,16-14-,20-19-,23-22-,26-25-,29-28-,38-36+,46-44+. The summed E-state index contributed by atoms with van der Waals surface area (Å²) in [5.74, 6) is -0.198. The van der Waals surface area contributed by atoms with Crippen LogP contribution in [-0.4, -0.2) is 73.4 Å². The minimum Gasteiger partial charge on any atom is -0.387 e. The molecule has 3 atom stereocenters. The zero-order valence-corrected chi connectivity index (χ0v) is 41.2. The van der Waals surface area contributed by atoms with E-state index in [1.165, 1.54) is 77.0 Å². The number of quaternary nitrogens is 1. The maximum atomic E-state index is 12.9. The fourth-order valence-corrected chi connectivity index (χ4v) is 7.15. The van der Waals surface area contributed by atoms with Gasteiger partial charge in [0.1, 0.15) is 13.2 Å². The number of aliphatic hydroxyl groups is 1. The highest BCUT2D eigenvalue weighted by Gasteiger charge is 2.27. The first-order valence-electron chi connectivity index (χ1n) is 24.6. The Labute approximate surface area is 381 Å². The molecule has 62 heavy (non-hydrogen) atoms. The van der Waals surface area contributed by atoms with Crippen molar-refractivity contribution in [3.05, 3.63) is 97.2 Å². The zero-order valence-electron chi connectivity index (χ0n) is 40.3. The van der Waals surface area contributed by atoms with Crippen LogP contribution in [0.2, 0.25) is 0 Å². The number of aliphatic hydroxyl groups excluding tert-OH is 1. The van der Waals surface area contributed by atoms with E-state index in [9.17, 15) is 19.4 Å². The summed E-state index contributed by atoms with van der Waals surface area (Å²) >= 11 is 0. The second kappa shape index (κ2) is 43.7. The number of nitrogens with one attached hydrogen (secondary N) is 1. The van der Waals surface area contributed by atoms with Gasteiger partial charge in [-0.1, -0.05) is 188 Å². The Bertz CT molecular complexity index is 1330. The number of hydrogen-bond donors (Lipinski definition) is 3. The van der Waals surface area contributed by atoms with Crippen LogP contribution in [0, 0.1) is 0 Å². The first-order valence-corrected chi connectivity index (χ1v) is 26.1. The lowest BCUT2D eigenvalue weighted by molar-refractivity contribution is -0.870. The van der Waals surface area contributed by atoms with Crippen molar-refractivity contribution < 1.29 is 32.9 Å². The molecular formula is C53H94N2O6P+. The highest BCUT2D eigenvalue weighted by molar-refractivity contribution is 7.47. The summed E-state index contributed by atoms with van der Waals surface area (Å²) in [6, 6.07) is -0.870. The molecule has 1 amide bonds. The number of unbranched alkanes of at least 4 members (excludes halogenated alkanes) is 16. The molecule has 0 rings (SSSR count). The van der Waals surface area contributed by atoms with Crippen LogP contribution in [-0.2, 0) is 18.4 Å². The Kier molecular flexibility index (Phi) is 41.8. The van der Waals surface area contributed by atoms with Gasteiger partial charge in [0.05, 0.1) is 39.9 Å². The molecule has 0 aliphatic carbocycles. The first-order chi connectivity index (χ1) is 30.0. The Balaban J connectivity index is 4.22. The number of likely N-dealkylation sites (N-methyl/N-ethyl adjacent to an activating group) is 1. The lowest BCUT2D eigenvalue weighted by atomic mass is 10.0. The molecule has 0 aliphatic rings. The van der Waals surface area contributed by atoms with E-state index in [-0.39, 0.29) is 19.1 Å². The second-order valence-electron chi connectivity index (χ2n) is 17.4. The average Bonchev–Trinajstić information content (AvgIpc) is 3.23. The van der Waals surface area contributed by atoms with Crippen LogP contribution in [0.25, 0.3) is 0 Å². The van der Waals surface area contributed by atoms with E-state index < -0.39 is 20.0 Å². The number of carbonyl (C=O) groups is 1. The van der Waals surface area contributed by atoms with Crippen LogP contribution in [0.3, 0.4) is 0 Å². The summed E-state index contributed by atoms with van der Waals surface area (Å²) in [5, 5.41) is 13.8. The van der Waals surface area contributed by atoms with Gasteiger partial charge in [0.2, 0.25) is 5.91 Å². The van der Waals surface area contributed by atoms with Crippen molar-refractivity contribution in [1.29, 1.82) is 0 Å². The van der Waals surface area contributed by atoms with Crippen molar-refractivity contribution in [3.63, 3.8) is 0 Å². The number of allylic oxidation sites excluding steroid dienone is 15. The number of amides is 1. The van der Waals surface area contributed by atoms with Crippen molar-refractivity contribution >= 4 is 13.7 Å². The van der Waals surface area contributed by atoms with Crippen LogP contribution in [0.5, 0.6) is 0 Å². The summed E-state index contributed by atoms with van der Waals surface area (Å²) < 4.78 is 23.5. The van der Waals surface area contributed by atoms with Crippen molar-refractivity contribution in [2.24, 2.45) is 0 Å². The van der Waals surface area contributed by atoms with E-state index in [2.05, 4.69) is 104 Å². The Morgan fingerprint density at radius 2 is 0.984 bits per heavy atom. The lowest BCUT2D eigenvalue weighted by Crippen LogP contribution is -2.45. The van der Waals surface area contributed by atoms with Crippen molar-refractivity contribution in [2.45, 2.75) is 193 Å². The predicted molar refractivity (Wildman–Crippen MR) is 267 cm³/mol. The van der Waals surface area contributed by atoms with Crippen LogP contribution in [0.1, 0.15) is 181 Å². The number of nitrogens with zero attached hydrogens (tertiary/aromatic N) is 1. The molecule has 0 fully saturated rings. The topological polar surface area (TPSA) is 105 Å². The lowest BCUT2D eigenvalue weighted by Gasteiger charge is -2.25. The highest BCUT2D eigenvalue weighted by Crippen LogP contribution is 2.43. The fraction of sp³-hybridized carbons (Fsp3) is 0.679. The van der Waals surface area contributed by atoms with Crippen LogP contribution >= 0.6 is 7.82 Å². The predicted octanol–water partition coefficient (Wildman–Crippen LogP) is 14.3. The van der Waals surface area contributed by atoms with Crippen LogP contribution in [0.15, 0.2) is 97.2 Å². The monoisotopic (exact) mass is 886 g/mol. The minimum atomic E-state index is -4.35. The Hall–Kier alpha value is -2.58. The molecule has 0 spiro atoms. The molecule has 0 bridgehead atoms. The number of hydrogen-bond acceptors (Lipinski definition) is 5. The molecule has 0 heterocycles. The molecule has 3 unspecified atom stereocenters. The Morgan fingerprint density at radius 3 is 1.48 bits per heavy atom. The van der Waals surface area contributed by atoms with Gasteiger partial charge in [0.25, 0.3) is 0 Å². The summed E-state index contributed by atoms with van der Waals surface area (Å²) in [7, 11) is 1.53. The van der Waals surface area contributed by atoms with E-state index in [4.69, 9.17) is 9.05 Å². The van der Waals surface area contributed by atoms with Gasteiger partial charge >= 0.3 is 7.82 Å². The summed E-state index contributed by atoms with van der Waals surface area (Å²) in [6.07, 6.45) is 62.1. The molecule has 0 saturated carbocycles. The number of carbonyl (C=O) groups excluding carboxylic acids is 1. The maximum absolute atomic E-state index is 12.9. The number of phosphoric ester groups is 1. The second-order valence-corrected chi connectivity index (χ2v) is 18.9. The fourth-order valence-electron chi connectivity index (χ4n) is 6.41. The van der Waals surface area contributed by atoms with Gasteiger partial charge in [0.15, 0.2) is 0 Å². The normalized spacial score (nSPS) is 15.0. The van der Waals surface area contributed by atoms with Gasteiger partial charge in [-0.3, -0.25) is 13.8 Å². The van der Waals surface area contributed by atoms with Gasteiger partial charge < -0.3 is 19.8 Å². The maximum Gasteiger partial charge on any atom is 0.472 e. The molecule has 0 aromatic rings. The summed E-state index contributed by atoms with van der Waals surface area (Å²) in [6.45, 7) is 4.63. The quantitative estimate of drug-likeness (QED) is 0.0244. The molecule has 0 aliphatic heterocycles. The van der Waals surface area contributed by atoms with Crippen molar-refractivity contribution in [1.82, 2.24) is 5.32 Å². The molecule has 0 aromatic heterocycles. The first kappa shape index (κ1) is 59.4. The third-order valence-electron chi connectivity index (χ3n) is 10.3. The third-order valence-corrected chi connectivity index (χ3v) is 11.3. The molecular weight excluding hydrogens is 792 g/mol. The van der Waals surface area contributed by atoms with Gasteiger partial charge in [-0.25, -0.2) is 4.57 Å². The van der Waals surface area contributed by atoms with Gasteiger partial charge in [-0.05, 0) is 83.5 Å². The summed E-state index contributed by atoms with van der Waals surface area (Å²) in [4.78, 5) is 23.1. The van der Waals surface area contributed by atoms with Crippen molar-refractivity contribution in [3.8, 4) is 0 Å². The van der Waals surface area contributed by atoms with Gasteiger partial charge in [-0.15, -0.1) is 0 Å². The molecule has 8 nitrogen and oxygen atoms in total. The van der Waals surface area contributed by atoms with Crippen LogP contribution < -0.4 is 5.32 Å². The Morgan fingerprint density at radius 1 is 0.565 bits per heavy atom. The minimum absolute atomic E-state index is 0.0503. The smallest absolute Gasteiger partial charge is 0.387 e. The molecule has 9 heteroatoms. The molecule has 3 N–H and O–H groups in total. The molecule has 0 saturated heterocycles. The highest BCUT2D eigenvalue weighted by atomic mass is 31.2. The molecule has 356 valence electrons. The van der Waals surface area contributed by atoms with E-state index >= 15 is 0 Å². The van der Waals surface area contributed by atoms with E-state index in [1.807, 2.05) is 27.2 Å². The average molecular weight is 886 g/mol. The van der Waals surface area contributed by atoms with Crippen molar-refractivity contribution in [2.75, 3.05) is 40.9 Å². The van der Waals surface area contributed by atoms with Gasteiger partial charge in [0, 0.05) is 6.42 Å². The summed E-state index contributed by atoms with van der Waals surface area (Å²) in [5.41, 5.74) is 0. The van der Waals surface area contributed by atoms with E-state index in [0.717, 1.165) is 83.5 Å². The van der Waals surface area contributed by atoms with Crippen LogP contribution in [0.4, 0.5) is 0 Å². The largest absolute Gasteiger partial charge is 0.472 e. The van der Waals surface area contributed by atoms with E-state index in [0.29, 0.717) is 17.4 Å². The number of phosphoric acid groups is 1. The zero-order chi connectivity index (χ0) is 45.7. The number of rotatable bonds is 43. The molecule has 0 radical (unpaired) electrons.